The van der Waals surface area contributed by atoms with Crippen LogP contribution in [0.2, 0.25) is 0 Å². The molecule has 1 N–H and O–H groups in total. The summed E-state index contributed by atoms with van der Waals surface area (Å²) in [6, 6.07) is 6.95. The van der Waals surface area contributed by atoms with Crippen LogP contribution in [0.15, 0.2) is 22.7 Å². The Bertz CT molecular complexity index is 452. The third kappa shape index (κ3) is 2.81. The minimum absolute atomic E-state index is 0.715. The highest BCUT2D eigenvalue weighted by atomic mass is 79.9. The van der Waals surface area contributed by atoms with Gasteiger partial charge in [-0.05, 0) is 55.6 Å². The monoisotopic (exact) mass is 324 g/mol. The van der Waals surface area contributed by atoms with Crippen LogP contribution >= 0.6 is 15.9 Å². The molecule has 0 radical (unpaired) electrons. The molecule has 0 amide bonds. The van der Waals surface area contributed by atoms with Crippen molar-refractivity contribution in [2.75, 3.05) is 26.7 Å². The number of ether oxygens (including phenoxy) is 1. The summed E-state index contributed by atoms with van der Waals surface area (Å²) in [6.45, 7) is 4.57. The van der Waals surface area contributed by atoms with Gasteiger partial charge in [-0.15, -0.1) is 0 Å². The maximum absolute atomic E-state index is 5.33. The maximum atomic E-state index is 5.33. The van der Waals surface area contributed by atoms with Gasteiger partial charge in [0.2, 0.25) is 0 Å². The first-order valence-corrected chi connectivity index (χ1v) is 7.84. The Labute approximate surface area is 123 Å². The van der Waals surface area contributed by atoms with E-state index in [4.69, 9.17) is 4.74 Å². The van der Waals surface area contributed by atoms with Crippen molar-refractivity contribution >= 4 is 15.9 Å². The zero-order chi connectivity index (χ0) is 13.2. The molecule has 1 aromatic rings. The number of fused-ring (bicyclic) bond motifs is 1. The SMILES string of the molecule is COc1ccc(Br)c(CN2CCCC3CNCC32)c1. The number of nitrogens with zero attached hydrogens (tertiary/aromatic N) is 1. The highest BCUT2D eigenvalue weighted by molar-refractivity contribution is 9.10. The van der Waals surface area contributed by atoms with E-state index in [1.807, 2.05) is 6.07 Å². The van der Waals surface area contributed by atoms with Crippen LogP contribution in [0.1, 0.15) is 18.4 Å². The van der Waals surface area contributed by atoms with Crippen LogP contribution < -0.4 is 10.1 Å². The first kappa shape index (κ1) is 13.4. The van der Waals surface area contributed by atoms with Crippen molar-refractivity contribution in [1.29, 1.82) is 0 Å². The standard InChI is InChI=1S/C15H21BrN2O/c1-19-13-4-5-14(16)12(7-13)10-18-6-2-3-11-8-17-9-15(11)18/h4-5,7,11,15,17H,2-3,6,8-10H2,1H3. The fourth-order valence-electron chi connectivity index (χ4n) is 3.38. The van der Waals surface area contributed by atoms with Crippen molar-refractivity contribution in [3.8, 4) is 5.75 Å². The van der Waals surface area contributed by atoms with Crippen molar-refractivity contribution in [2.45, 2.75) is 25.4 Å². The maximum Gasteiger partial charge on any atom is 0.119 e. The molecule has 2 aliphatic heterocycles. The number of rotatable bonds is 3. The summed E-state index contributed by atoms with van der Waals surface area (Å²) in [5, 5.41) is 3.54. The third-order valence-corrected chi connectivity index (χ3v) is 5.19. The minimum Gasteiger partial charge on any atom is -0.497 e. The average Bonchev–Trinajstić information content (AvgIpc) is 2.90. The van der Waals surface area contributed by atoms with Crippen LogP contribution in [0.4, 0.5) is 0 Å². The molecular formula is C15H21BrN2O. The molecule has 3 rings (SSSR count). The fourth-order valence-corrected chi connectivity index (χ4v) is 3.75. The van der Waals surface area contributed by atoms with E-state index in [0.29, 0.717) is 6.04 Å². The Morgan fingerprint density at radius 2 is 2.32 bits per heavy atom. The van der Waals surface area contributed by atoms with E-state index in [1.54, 1.807) is 7.11 Å². The summed E-state index contributed by atoms with van der Waals surface area (Å²) in [7, 11) is 1.73. The zero-order valence-electron chi connectivity index (χ0n) is 11.4. The topological polar surface area (TPSA) is 24.5 Å². The molecule has 0 aliphatic carbocycles. The Morgan fingerprint density at radius 3 is 3.16 bits per heavy atom. The first-order chi connectivity index (χ1) is 9.28. The van der Waals surface area contributed by atoms with E-state index in [9.17, 15) is 0 Å². The largest absolute Gasteiger partial charge is 0.497 e. The highest BCUT2D eigenvalue weighted by Crippen LogP contribution is 2.30. The lowest BCUT2D eigenvalue weighted by atomic mass is 9.91. The van der Waals surface area contributed by atoms with Crippen molar-refractivity contribution in [3.05, 3.63) is 28.2 Å². The molecule has 19 heavy (non-hydrogen) atoms. The van der Waals surface area contributed by atoms with Crippen LogP contribution in [-0.4, -0.2) is 37.7 Å². The summed E-state index contributed by atoms with van der Waals surface area (Å²) in [6.07, 6.45) is 2.71. The van der Waals surface area contributed by atoms with E-state index in [-0.39, 0.29) is 0 Å². The number of piperidine rings is 1. The normalized spacial score (nSPS) is 27.3. The van der Waals surface area contributed by atoms with Crippen LogP contribution in [0, 0.1) is 5.92 Å². The van der Waals surface area contributed by atoms with Gasteiger partial charge in [-0.25, -0.2) is 0 Å². The summed E-state index contributed by atoms with van der Waals surface area (Å²) in [5.41, 5.74) is 1.33. The van der Waals surface area contributed by atoms with Gasteiger partial charge in [0.25, 0.3) is 0 Å². The Balaban J connectivity index is 1.76. The molecule has 4 heteroatoms. The summed E-state index contributed by atoms with van der Waals surface area (Å²) in [5.74, 6) is 1.79. The summed E-state index contributed by atoms with van der Waals surface area (Å²) >= 11 is 3.66. The second-order valence-corrected chi connectivity index (χ2v) is 6.41. The molecule has 1 aromatic carbocycles. The van der Waals surface area contributed by atoms with Gasteiger partial charge >= 0.3 is 0 Å². The lowest BCUT2D eigenvalue weighted by Gasteiger charge is -2.37. The predicted molar refractivity (Wildman–Crippen MR) is 80.5 cm³/mol. The van der Waals surface area contributed by atoms with Crippen molar-refractivity contribution in [1.82, 2.24) is 10.2 Å². The van der Waals surface area contributed by atoms with Gasteiger partial charge in [-0.2, -0.15) is 0 Å². The van der Waals surface area contributed by atoms with Crippen LogP contribution in [-0.2, 0) is 6.54 Å². The Morgan fingerprint density at radius 1 is 1.42 bits per heavy atom. The number of likely N-dealkylation sites (tertiary alicyclic amines) is 1. The van der Waals surface area contributed by atoms with Gasteiger partial charge in [0.1, 0.15) is 5.75 Å². The van der Waals surface area contributed by atoms with Crippen molar-refractivity contribution in [2.24, 2.45) is 5.92 Å². The molecule has 3 nitrogen and oxygen atoms in total. The molecule has 2 saturated heterocycles. The number of hydrogen-bond donors (Lipinski definition) is 1. The molecule has 2 atom stereocenters. The summed E-state index contributed by atoms with van der Waals surface area (Å²) < 4.78 is 6.52. The highest BCUT2D eigenvalue weighted by Gasteiger charge is 2.34. The molecule has 2 heterocycles. The van der Waals surface area contributed by atoms with Gasteiger partial charge in [0, 0.05) is 23.6 Å². The number of nitrogens with one attached hydrogen (secondary N) is 1. The second-order valence-electron chi connectivity index (χ2n) is 5.56. The van der Waals surface area contributed by atoms with Gasteiger partial charge in [-0.3, -0.25) is 4.90 Å². The second kappa shape index (κ2) is 5.81. The van der Waals surface area contributed by atoms with E-state index >= 15 is 0 Å². The number of benzene rings is 1. The first-order valence-electron chi connectivity index (χ1n) is 7.05. The average molecular weight is 325 g/mol. The fraction of sp³-hybridized carbons (Fsp3) is 0.600. The van der Waals surface area contributed by atoms with Crippen LogP contribution in [0.5, 0.6) is 5.75 Å². The molecule has 0 saturated carbocycles. The molecular weight excluding hydrogens is 304 g/mol. The molecule has 104 valence electrons. The quantitative estimate of drug-likeness (QED) is 0.925. The van der Waals surface area contributed by atoms with E-state index < -0.39 is 0 Å². The molecule has 0 spiro atoms. The number of methoxy groups -OCH3 is 1. The van der Waals surface area contributed by atoms with E-state index in [2.05, 4.69) is 38.3 Å². The van der Waals surface area contributed by atoms with E-state index in [0.717, 1.165) is 24.8 Å². The molecule has 0 aromatic heterocycles. The predicted octanol–water partition coefficient (Wildman–Crippen LogP) is 2.64. The van der Waals surface area contributed by atoms with E-state index in [1.165, 1.54) is 36.0 Å². The van der Waals surface area contributed by atoms with Crippen LogP contribution in [0.3, 0.4) is 0 Å². The summed E-state index contributed by atoms with van der Waals surface area (Å²) in [4.78, 5) is 2.63. The van der Waals surface area contributed by atoms with Crippen molar-refractivity contribution < 1.29 is 4.74 Å². The molecule has 2 fully saturated rings. The van der Waals surface area contributed by atoms with Crippen LogP contribution in [0.25, 0.3) is 0 Å². The zero-order valence-corrected chi connectivity index (χ0v) is 12.9. The minimum atomic E-state index is 0.715. The third-order valence-electron chi connectivity index (χ3n) is 4.42. The molecule has 0 bridgehead atoms. The Hall–Kier alpha value is -0.580. The van der Waals surface area contributed by atoms with Crippen molar-refractivity contribution in [3.63, 3.8) is 0 Å². The smallest absolute Gasteiger partial charge is 0.119 e. The lowest BCUT2D eigenvalue weighted by Crippen LogP contribution is -2.44. The lowest BCUT2D eigenvalue weighted by molar-refractivity contribution is 0.117. The van der Waals surface area contributed by atoms with Gasteiger partial charge in [-0.1, -0.05) is 15.9 Å². The molecule has 2 aliphatic rings. The Kier molecular flexibility index (Phi) is 4.10. The van der Waals surface area contributed by atoms with Gasteiger partial charge < -0.3 is 10.1 Å². The molecule has 2 unspecified atom stereocenters. The number of halogens is 1. The van der Waals surface area contributed by atoms with Gasteiger partial charge in [0.15, 0.2) is 0 Å². The van der Waals surface area contributed by atoms with Gasteiger partial charge in [0.05, 0.1) is 7.11 Å². The number of hydrogen-bond acceptors (Lipinski definition) is 3.